The van der Waals surface area contributed by atoms with Crippen molar-refractivity contribution in [2.75, 3.05) is 0 Å². The molecule has 0 spiro atoms. The van der Waals surface area contributed by atoms with Crippen LogP contribution in [0.4, 0.5) is 0 Å². The van der Waals surface area contributed by atoms with Gasteiger partial charge in [0.05, 0.1) is 6.42 Å². The molecule has 1 aromatic heterocycles. The summed E-state index contributed by atoms with van der Waals surface area (Å²) in [5, 5.41) is 14.4. The standard InChI is InChI=1S/C5H7N5O/c1-3-7-9-5(10-8-3)2-4(6)11/h2H2,1H3,(H2,6,11). The molecule has 0 aliphatic carbocycles. The van der Waals surface area contributed by atoms with Crippen molar-refractivity contribution in [3.63, 3.8) is 0 Å². The first-order chi connectivity index (χ1) is 5.18. The SMILES string of the molecule is Cc1nnc(CC(N)=O)nn1. The molecule has 11 heavy (non-hydrogen) atoms. The predicted octanol–water partition coefficient (Wildman–Crippen LogP) is -1.40. The molecule has 0 aliphatic rings. The average Bonchev–Trinajstić information content (AvgIpc) is 1.93. The van der Waals surface area contributed by atoms with E-state index in [1.165, 1.54) is 0 Å². The molecule has 2 N–H and O–H groups in total. The maximum Gasteiger partial charge on any atom is 0.225 e. The van der Waals surface area contributed by atoms with E-state index in [-0.39, 0.29) is 12.2 Å². The minimum atomic E-state index is -0.488. The molecule has 6 nitrogen and oxygen atoms in total. The molecule has 1 heterocycles. The van der Waals surface area contributed by atoms with Gasteiger partial charge in [0.15, 0.2) is 11.6 Å². The molecule has 1 amide bonds. The lowest BCUT2D eigenvalue weighted by atomic mass is 10.4. The average molecular weight is 153 g/mol. The molecule has 58 valence electrons. The molecule has 1 rings (SSSR count). The second kappa shape index (κ2) is 3.00. The Labute approximate surface area is 62.8 Å². The Balaban J connectivity index is 2.74. The number of aryl methyl sites for hydroxylation is 1. The van der Waals surface area contributed by atoms with Crippen LogP contribution in [-0.4, -0.2) is 26.3 Å². The first kappa shape index (κ1) is 7.52. The smallest absolute Gasteiger partial charge is 0.225 e. The summed E-state index contributed by atoms with van der Waals surface area (Å²) in [6, 6.07) is 0. The van der Waals surface area contributed by atoms with E-state index in [1.807, 2.05) is 0 Å². The van der Waals surface area contributed by atoms with Gasteiger partial charge in [0.25, 0.3) is 0 Å². The molecule has 0 aliphatic heterocycles. The molecule has 1 aromatic rings. The number of amides is 1. The molecule has 0 unspecified atom stereocenters. The fourth-order valence-electron chi connectivity index (χ4n) is 0.527. The number of hydrogen-bond acceptors (Lipinski definition) is 5. The summed E-state index contributed by atoms with van der Waals surface area (Å²) in [4.78, 5) is 10.3. The predicted molar refractivity (Wildman–Crippen MR) is 35.3 cm³/mol. The highest BCUT2D eigenvalue weighted by molar-refractivity contribution is 5.75. The molecule has 0 saturated carbocycles. The number of hydrogen-bond donors (Lipinski definition) is 1. The Kier molecular flexibility index (Phi) is 2.05. The van der Waals surface area contributed by atoms with Crippen molar-refractivity contribution in [3.8, 4) is 0 Å². The molecule has 6 heteroatoms. The fraction of sp³-hybridized carbons (Fsp3) is 0.400. The lowest BCUT2D eigenvalue weighted by molar-refractivity contribution is -0.117. The second-order valence-corrected chi connectivity index (χ2v) is 2.01. The molecular formula is C5H7N5O. The number of aromatic nitrogens is 4. The molecule has 0 fully saturated rings. The zero-order valence-electron chi connectivity index (χ0n) is 5.98. The Bertz CT molecular complexity index is 256. The number of nitrogens with two attached hydrogens (primary N) is 1. The van der Waals surface area contributed by atoms with E-state index >= 15 is 0 Å². The van der Waals surface area contributed by atoms with Crippen LogP contribution in [0.1, 0.15) is 11.6 Å². The summed E-state index contributed by atoms with van der Waals surface area (Å²) < 4.78 is 0. The maximum absolute atomic E-state index is 10.3. The summed E-state index contributed by atoms with van der Waals surface area (Å²) in [7, 11) is 0. The van der Waals surface area contributed by atoms with Crippen molar-refractivity contribution < 1.29 is 4.79 Å². The van der Waals surface area contributed by atoms with Crippen LogP contribution >= 0.6 is 0 Å². The molecule has 0 atom stereocenters. The molecular weight excluding hydrogens is 146 g/mol. The number of primary amides is 1. The number of carbonyl (C=O) groups is 1. The Hall–Kier alpha value is -1.59. The third-order valence-electron chi connectivity index (χ3n) is 0.953. The van der Waals surface area contributed by atoms with Crippen LogP contribution < -0.4 is 5.73 Å². The summed E-state index contributed by atoms with van der Waals surface area (Å²) in [6.45, 7) is 1.66. The zero-order chi connectivity index (χ0) is 8.27. The molecule has 0 aromatic carbocycles. The molecule has 0 radical (unpaired) electrons. The van der Waals surface area contributed by atoms with Crippen molar-refractivity contribution in [2.24, 2.45) is 5.73 Å². The van der Waals surface area contributed by atoms with E-state index in [0.29, 0.717) is 5.82 Å². The van der Waals surface area contributed by atoms with Gasteiger partial charge in [-0.25, -0.2) is 0 Å². The van der Waals surface area contributed by atoms with E-state index in [4.69, 9.17) is 5.73 Å². The van der Waals surface area contributed by atoms with E-state index in [9.17, 15) is 4.79 Å². The van der Waals surface area contributed by atoms with Crippen LogP contribution in [0.15, 0.2) is 0 Å². The number of rotatable bonds is 2. The normalized spacial score (nSPS) is 9.55. The van der Waals surface area contributed by atoms with Gasteiger partial charge in [-0.05, 0) is 6.92 Å². The van der Waals surface area contributed by atoms with Gasteiger partial charge in [-0.2, -0.15) is 0 Å². The van der Waals surface area contributed by atoms with Crippen LogP contribution in [-0.2, 0) is 11.2 Å². The van der Waals surface area contributed by atoms with Crippen molar-refractivity contribution in [1.82, 2.24) is 20.4 Å². The highest BCUT2D eigenvalue weighted by Crippen LogP contribution is 1.85. The highest BCUT2D eigenvalue weighted by atomic mass is 16.1. The van der Waals surface area contributed by atoms with Crippen LogP contribution in [0.5, 0.6) is 0 Å². The molecule has 0 saturated heterocycles. The van der Waals surface area contributed by atoms with Gasteiger partial charge < -0.3 is 5.73 Å². The summed E-state index contributed by atoms with van der Waals surface area (Å²) in [5.74, 6) is 0.235. The minimum absolute atomic E-state index is 0.0136. The Morgan fingerprint density at radius 3 is 2.36 bits per heavy atom. The van der Waals surface area contributed by atoms with Crippen molar-refractivity contribution in [2.45, 2.75) is 13.3 Å². The Morgan fingerprint density at radius 2 is 1.91 bits per heavy atom. The van der Waals surface area contributed by atoms with Crippen LogP contribution in [0.25, 0.3) is 0 Å². The largest absolute Gasteiger partial charge is 0.369 e. The number of carbonyl (C=O) groups excluding carboxylic acids is 1. The van der Waals surface area contributed by atoms with Crippen LogP contribution in [0, 0.1) is 6.92 Å². The number of nitrogens with zero attached hydrogens (tertiary/aromatic N) is 4. The lowest BCUT2D eigenvalue weighted by Crippen LogP contribution is -2.16. The van der Waals surface area contributed by atoms with Gasteiger partial charge in [-0.3, -0.25) is 4.79 Å². The van der Waals surface area contributed by atoms with Gasteiger partial charge >= 0.3 is 0 Å². The third-order valence-corrected chi connectivity index (χ3v) is 0.953. The van der Waals surface area contributed by atoms with Gasteiger partial charge in [-0.15, -0.1) is 20.4 Å². The second-order valence-electron chi connectivity index (χ2n) is 2.01. The van der Waals surface area contributed by atoms with Gasteiger partial charge in [-0.1, -0.05) is 0 Å². The van der Waals surface area contributed by atoms with Crippen molar-refractivity contribution >= 4 is 5.91 Å². The van der Waals surface area contributed by atoms with E-state index in [2.05, 4.69) is 20.4 Å². The first-order valence-corrected chi connectivity index (χ1v) is 2.99. The van der Waals surface area contributed by atoms with E-state index < -0.39 is 5.91 Å². The van der Waals surface area contributed by atoms with Crippen molar-refractivity contribution in [3.05, 3.63) is 11.6 Å². The quantitative estimate of drug-likeness (QED) is 0.564. The summed E-state index contributed by atoms with van der Waals surface area (Å²) >= 11 is 0. The summed E-state index contributed by atoms with van der Waals surface area (Å²) in [5.41, 5.74) is 4.89. The van der Waals surface area contributed by atoms with Crippen molar-refractivity contribution in [1.29, 1.82) is 0 Å². The third kappa shape index (κ3) is 2.24. The topological polar surface area (TPSA) is 94.7 Å². The van der Waals surface area contributed by atoms with E-state index in [1.54, 1.807) is 6.92 Å². The maximum atomic E-state index is 10.3. The fourth-order valence-corrected chi connectivity index (χ4v) is 0.527. The Morgan fingerprint density at radius 1 is 1.36 bits per heavy atom. The van der Waals surface area contributed by atoms with Crippen LogP contribution in [0.2, 0.25) is 0 Å². The monoisotopic (exact) mass is 153 g/mol. The van der Waals surface area contributed by atoms with Crippen LogP contribution in [0.3, 0.4) is 0 Å². The van der Waals surface area contributed by atoms with Gasteiger partial charge in [0, 0.05) is 0 Å². The molecule has 0 bridgehead atoms. The lowest BCUT2D eigenvalue weighted by Gasteiger charge is -1.92. The minimum Gasteiger partial charge on any atom is -0.369 e. The first-order valence-electron chi connectivity index (χ1n) is 2.99. The van der Waals surface area contributed by atoms with E-state index in [0.717, 1.165) is 0 Å². The van der Waals surface area contributed by atoms with Gasteiger partial charge in [0.1, 0.15) is 0 Å². The zero-order valence-corrected chi connectivity index (χ0v) is 5.98. The summed E-state index contributed by atoms with van der Waals surface area (Å²) in [6.07, 6.45) is -0.0136. The highest BCUT2D eigenvalue weighted by Gasteiger charge is 2.01. The van der Waals surface area contributed by atoms with Gasteiger partial charge in [0.2, 0.25) is 5.91 Å².